The smallest absolute Gasteiger partial charge is 0.162 e. The number of ether oxygens (including phenoxy) is 3. The number of nitrogens with one attached hydrogen (secondary N) is 1. The van der Waals surface area contributed by atoms with Crippen LogP contribution < -0.4 is 19.7 Å². The molecule has 1 fully saturated rings. The highest BCUT2D eigenvalue weighted by atomic mass is 79.9. The van der Waals surface area contributed by atoms with E-state index in [0.29, 0.717) is 53.5 Å². The zero-order chi connectivity index (χ0) is 24.8. The van der Waals surface area contributed by atoms with E-state index in [2.05, 4.69) is 26.1 Å². The van der Waals surface area contributed by atoms with Crippen molar-refractivity contribution in [3.05, 3.63) is 80.0 Å². The lowest BCUT2D eigenvalue weighted by atomic mass is 10.1. The zero-order valence-electron chi connectivity index (χ0n) is 19.3. The Hall–Kier alpha value is -2.19. The average molecular weight is 584 g/mol. The molecular formula is C26H26BrCl2FN2O3. The summed E-state index contributed by atoms with van der Waals surface area (Å²) in [5.74, 6) is 0.661. The quantitative estimate of drug-likeness (QED) is 0.286. The standard InChI is InChI=1S/C26H26BrCl2FN2O3/c1-2-34-25-12-17(20(27)14-26(25)35-16-19-21(28)4-3-5-23(19)30)15-31-18-6-7-24(22(29)13-18)32-8-10-33-11-9-32/h3-7,12-14,31H,2,8-11,15-16H2,1H3. The van der Waals surface area contributed by atoms with Crippen molar-refractivity contribution in [3.63, 3.8) is 0 Å². The van der Waals surface area contributed by atoms with E-state index >= 15 is 0 Å². The Balaban J connectivity index is 1.46. The summed E-state index contributed by atoms with van der Waals surface area (Å²) in [5, 5.41) is 4.43. The summed E-state index contributed by atoms with van der Waals surface area (Å²) in [5.41, 5.74) is 3.19. The molecule has 1 N–H and O–H groups in total. The van der Waals surface area contributed by atoms with Gasteiger partial charge in [-0.25, -0.2) is 4.39 Å². The monoisotopic (exact) mass is 582 g/mol. The molecule has 3 aromatic carbocycles. The predicted octanol–water partition coefficient (Wildman–Crippen LogP) is 7.32. The minimum Gasteiger partial charge on any atom is -0.490 e. The summed E-state index contributed by atoms with van der Waals surface area (Å²) in [6.45, 7) is 5.96. The van der Waals surface area contributed by atoms with Gasteiger partial charge in [0.2, 0.25) is 0 Å². The van der Waals surface area contributed by atoms with E-state index in [0.717, 1.165) is 34.5 Å². The molecule has 0 aromatic heterocycles. The molecule has 0 amide bonds. The van der Waals surface area contributed by atoms with Crippen molar-refractivity contribution >= 4 is 50.5 Å². The lowest BCUT2D eigenvalue weighted by Crippen LogP contribution is -2.36. The number of rotatable bonds is 9. The fraction of sp³-hybridized carbons (Fsp3) is 0.308. The Morgan fingerprint density at radius 3 is 2.51 bits per heavy atom. The van der Waals surface area contributed by atoms with Crippen LogP contribution in [-0.2, 0) is 17.9 Å². The number of halogens is 4. The topological polar surface area (TPSA) is 43.0 Å². The van der Waals surface area contributed by atoms with Gasteiger partial charge in [0, 0.05) is 35.4 Å². The molecule has 1 aliphatic rings. The highest BCUT2D eigenvalue weighted by Crippen LogP contribution is 2.36. The second kappa shape index (κ2) is 12.2. The van der Waals surface area contributed by atoms with Crippen LogP contribution in [0, 0.1) is 5.82 Å². The van der Waals surface area contributed by atoms with Gasteiger partial charge in [-0.3, -0.25) is 0 Å². The number of anilines is 2. The van der Waals surface area contributed by atoms with E-state index in [1.807, 2.05) is 37.3 Å². The molecule has 9 heteroatoms. The van der Waals surface area contributed by atoms with Crippen molar-refractivity contribution in [2.45, 2.75) is 20.1 Å². The molecule has 0 unspecified atom stereocenters. The van der Waals surface area contributed by atoms with Crippen LogP contribution in [-0.4, -0.2) is 32.9 Å². The minimum absolute atomic E-state index is 0.0103. The Bertz CT molecular complexity index is 1160. The van der Waals surface area contributed by atoms with Gasteiger partial charge in [-0.15, -0.1) is 0 Å². The molecule has 0 atom stereocenters. The number of morpholine rings is 1. The summed E-state index contributed by atoms with van der Waals surface area (Å²) in [6.07, 6.45) is 0. The average Bonchev–Trinajstić information content (AvgIpc) is 2.85. The second-order valence-corrected chi connectivity index (χ2v) is 9.60. The summed E-state index contributed by atoms with van der Waals surface area (Å²) >= 11 is 16.3. The van der Waals surface area contributed by atoms with E-state index < -0.39 is 5.82 Å². The molecular weight excluding hydrogens is 558 g/mol. The number of hydrogen-bond donors (Lipinski definition) is 1. The highest BCUT2D eigenvalue weighted by Gasteiger charge is 2.16. The first kappa shape index (κ1) is 25.9. The third-order valence-electron chi connectivity index (χ3n) is 5.63. The molecule has 3 aromatic rings. The molecule has 1 heterocycles. The Labute approximate surface area is 223 Å². The first-order valence-corrected chi connectivity index (χ1v) is 12.9. The van der Waals surface area contributed by atoms with Crippen molar-refractivity contribution in [1.82, 2.24) is 0 Å². The van der Waals surface area contributed by atoms with Gasteiger partial charge in [-0.1, -0.05) is 45.2 Å². The molecule has 4 rings (SSSR count). The van der Waals surface area contributed by atoms with Crippen molar-refractivity contribution < 1.29 is 18.6 Å². The van der Waals surface area contributed by atoms with Crippen LogP contribution in [0.2, 0.25) is 10.0 Å². The molecule has 0 saturated carbocycles. The van der Waals surface area contributed by atoms with Gasteiger partial charge in [-0.2, -0.15) is 0 Å². The molecule has 1 saturated heterocycles. The van der Waals surface area contributed by atoms with Crippen LogP contribution in [0.25, 0.3) is 0 Å². The van der Waals surface area contributed by atoms with E-state index in [9.17, 15) is 4.39 Å². The fourth-order valence-corrected chi connectivity index (χ4v) is 4.77. The third-order valence-corrected chi connectivity index (χ3v) is 7.02. The SMILES string of the molecule is CCOc1cc(CNc2ccc(N3CCOCC3)c(Cl)c2)c(Br)cc1OCc1c(F)cccc1Cl. The maximum Gasteiger partial charge on any atom is 0.162 e. The molecule has 5 nitrogen and oxygen atoms in total. The maximum absolute atomic E-state index is 14.1. The van der Waals surface area contributed by atoms with Gasteiger partial charge in [-0.05, 0) is 55.0 Å². The van der Waals surface area contributed by atoms with Gasteiger partial charge >= 0.3 is 0 Å². The molecule has 0 bridgehead atoms. The van der Waals surface area contributed by atoms with E-state index in [-0.39, 0.29) is 6.61 Å². The lowest BCUT2D eigenvalue weighted by molar-refractivity contribution is 0.122. The second-order valence-electron chi connectivity index (χ2n) is 7.93. The Morgan fingerprint density at radius 1 is 1.03 bits per heavy atom. The predicted molar refractivity (Wildman–Crippen MR) is 143 cm³/mol. The molecule has 35 heavy (non-hydrogen) atoms. The molecule has 0 aliphatic carbocycles. The normalized spacial score (nSPS) is 13.6. The van der Waals surface area contributed by atoms with E-state index in [1.54, 1.807) is 12.1 Å². The van der Waals surface area contributed by atoms with Crippen molar-refractivity contribution in [3.8, 4) is 11.5 Å². The van der Waals surface area contributed by atoms with Gasteiger partial charge in [0.1, 0.15) is 12.4 Å². The summed E-state index contributed by atoms with van der Waals surface area (Å²) < 4.78 is 32.1. The largest absolute Gasteiger partial charge is 0.490 e. The highest BCUT2D eigenvalue weighted by molar-refractivity contribution is 9.10. The van der Waals surface area contributed by atoms with Crippen molar-refractivity contribution in [2.24, 2.45) is 0 Å². The minimum atomic E-state index is -0.409. The van der Waals surface area contributed by atoms with Gasteiger partial charge in [0.15, 0.2) is 11.5 Å². The van der Waals surface area contributed by atoms with Crippen LogP contribution in [0.3, 0.4) is 0 Å². The first-order valence-electron chi connectivity index (χ1n) is 11.3. The molecule has 1 aliphatic heterocycles. The van der Waals surface area contributed by atoms with Gasteiger partial charge < -0.3 is 24.4 Å². The summed E-state index contributed by atoms with van der Waals surface area (Å²) in [4.78, 5) is 2.23. The number of benzene rings is 3. The zero-order valence-corrected chi connectivity index (χ0v) is 22.4. The van der Waals surface area contributed by atoms with Gasteiger partial charge in [0.05, 0.1) is 35.6 Å². The lowest BCUT2D eigenvalue weighted by Gasteiger charge is -2.29. The van der Waals surface area contributed by atoms with Crippen molar-refractivity contribution in [2.75, 3.05) is 43.1 Å². The molecule has 0 radical (unpaired) electrons. The number of nitrogens with zero attached hydrogens (tertiary/aromatic N) is 1. The van der Waals surface area contributed by atoms with Crippen LogP contribution in [0.15, 0.2) is 53.0 Å². The first-order chi connectivity index (χ1) is 17.0. The van der Waals surface area contributed by atoms with Crippen LogP contribution >= 0.6 is 39.1 Å². The third kappa shape index (κ3) is 6.53. The van der Waals surface area contributed by atoms with E-state index in [1.165, 1.54) is 6.07 Å². The maximum atomic E-state index is 14.1. The molecule has 0 spiro atoms. The Morgan fingerprint density at radius 2 is 1.80 bits per heavy atom. The number of hydrogen-bond acceptors (Lipinski definition) is 5. The fourth-order valence-electron chi connectivity index (χ4n) is 3.79. The van der Waals surface area contributed by atoms with Crippen LogP contribution in [0.1, 0.15) is 18.1 Å². The van der Waals surface area contributed by atoms with E-state index in [4.69, 9.17) is 37.4 Å². The van der Waals surface area contributed by atoms with Crippen LogP contribution in [0.5, 0.6) is 11.5 Å². The van der Waals surface area contributed by atoms with Gasteiger partial charge in [0.25, 0.3) is 0 Å². The Kier molecular flexibility index (Phi) is 9.00. The van der Waals surface area contributed by atoms with Crippen molar-refractivity contribution in [1.29, 1.82) is 0 Å². The summed E-state index contributed by atoms with van der Waals surface area (Å²) in [7, 11) is 0. The molecule has 186 valence electrons. The summed E-state index contributed by atoms with van der Waals surface area (Å²) in [6, 6.07) is 14.3. The van der Waals surface area contributed by atoms with Crippen LogP contribution in [0.4, 0.5) is 15.8 Å².